The van der Waals surface area contributed by atoms with Gasteiger partial charge in [0.05, 0.1) is 5.69 Å². The molecular weight excluding hydrogens is 260 g/mol. The topological polar surface area (TPSA) is 31.4 Å². The predicted octanol–water partition coefficient (Wildman–Crippen LogP) is 2.57. The molecule has 3 rings (SSSR count). The van der Waals surface area contributed by atoms with Crippen LogP contribution in [0.5, 0.6) is 0 Å². The van der Waals surface area contributed by atoms with E-state index >= 15 is 0 Å². The molecule has 4 nitrogen and oxygen atoms in total. The second kappa shape index (κ2) is 7.23. The summed E-state index contributed by atoms with van der Waals surface area (Å²) in [6, 6.07) is 7.14. The molecule has 0 saturated carbocycles. The van der Waals surface area contributed by atoms with Gasteiger partial charge < -0.3 is 5.32 Å². The fourth-order valence-corrected chi connectivity index (χ4v) is 3.57. The quantitative estimate of drug-likeness (QED) is 0.902. The van der Waals surface area contributed by atoms with Crippen LogP contribution in [0, 0.1) is 0 Å². The van der Waals surface area contributed by atoms with Crippen molar-refractivity contribution in [1.29, 1.82) is 0 Å². The first-order chi connectivity index (χ1) is 10.3. The van der Waals surface area contributed by atoms with E-state index in [4.69, 9.17) is 4.98 Å². The lowest BCUT2D eigenvalue weighted by Crippen LogP contribution is -2.36. The minimum Gasteiger partial charge on any atom is -0.370 e. The molecule has 2 saturated heterocycles. The third-order valence-electron chi connectivity index (χ3n) is 4.64. The number of aromatic nitrogens is 1. The first-order valence-corrected chi connectivity index (χ1v) is 8.51. The van der Waals surface area contributed by atoms with Gasteiger partial charge in [-0.25, -0.2) is 4.98 Å². The van der Waals surface area contributed by atoms with Gasteiger partial charge in [0.1, 0.15) is 5.82 Å². The molecule has 0 aliphatic carbocycles. The molecule has 2 fully saturated rings. The average molecular weight is 288 g/mol. The van der Waals surface area contributed by atoms with Gasteiger partial charge in [-0.05, 0) is 57.5 Å². The Kier molecular flexibility index (Phi) is 5.09. The van der Waals surface area contributed by atoms with Crippen molar-refractivity contribution >= 4 is 5.82 Å². The molecule has 0 bridgehead atoms. The van der Waals surface area contributed by atoms with Gasteiger partial charge in [-0.3, -0.25) is 9.80 Å². The fraction of sp³-hybridized carbons (Fsp3) is 0.706. The SMILES string of the molecule is CCCNc1cccc(CN2CCCN3CCCC3C2)n1. The van der Waals surface area contributed by atoms with E-state index in [0.29, 0.717) is 0 Å². The minimum atomic E-state index is 0.786. The standard InChI is InChI=1S/C17H28N4/c1-2-9-18-17-8-3-6-15(19-17)13-20-10-5-12-21-11-4-7-16(21)14-20/h3,6,8,16H,2,4-5,7,9-14H2,1H3,(H,18,19). The van der Waals surface area contributed by atoms with Crippen LogP contribution in [0.1, 0.15) is 38.3 Å². The molecule has 1 aromatic rings. The predicted molar refractivity (Wildman–Crippen MR) is 87.5 cm³/mol. The Bertz CT molecular complexity index is 448. The summed E-state index contributed by atoms with van der Waals surface area (Å²) in [4.78, 5) is 10.0. The first kappa shape index (κ1) is 14.8. The number of hydrogen-bond acceptors (Lipinski definition) is 4. The van der Waals surface area contributed by atoms with Crippen molar-refractivity contribution in [2.45, 2.75) is 45.2 Å². The number of nitrogens with zero attached hydrogens (tertiary/aromatic N) is 3. The molecule has 1 atom stereocenters. The van der Waals surface area contributed by atoms with Crippen molar-refractivity contribution in [1.82, 2.24) is 14.8 Å². The van der Waals surface area contributed by atoms with Crippen LogP contribution in [0.3, 0.4) is 0 Å². The van der Waals surface area contributed by atoms with Crippen LogP contribution < -0.4 is 5.32 Å². The number of rotatable bonds is 5. The molecule has 1 unspecified atom stereocenters. The minimum absolute atomic E-state index is 0.786. The van der Waals surface area contributed by atoms with Crippen molar-refractivity contribution in [2.75, 3.05) is 38.0 Å². The third kappa shape index (κ3) is 3.95. The number of nitrogens with one attached hydrogen (secondary N) is 1. The number of pyridine rings is 1. The Hall–Kier alpha value is -1.13. The van der Waals surface area contributed by atoms with E-state index in [1.54, 1.807) is 0 Å². The largest absolute Gasteiger partial charge is 0.370 e. The van der Waals surface area contributed by atoms with Gasteiger partial charge in [0.15, 0.2) is 0 Å². The number of anilines is 1. The van der Waals surface area contributed by atoms with E-state index in [1.165, 1.54) is 51.1 Å². The molecular formula is C17H28N4. The van der Waals surface area contributed by atoms with E-state index in [2.05, 4.69) is 40.2 Å². The second-order valence-corrected chi connectivity index (χ2v) is 6.36. The molecule has 1 N–H and O–H groups in total. The van der Waals surface area contributed by atoms with Gasteiger partial charge in [0.2, 0.25) is 0 Å². The summed E-state index contributed by atoms with van der Waals surface area (Å²) >= 11 is 0. The van der Waals surface area contributed by atoms with E-state index in [1.807, 2.05) is 0 Å². The highest BCUT2D eigenvalue weighted by molar-refractivity contribution is 5.35. The van der Waals surface area contributed by atoms with Crippen molar-refractivity contribution in [3.05, 3.63) is 23.9 Å². The highest BCUT2D eigenvalue weighted by Gasteiger charge is 2.28. The number of hydrogen-bond donors (Lipinski definition) is 1. The van der Waals surface area contributed by atoms with Crippen molar-refractivity contribution < 1.29 is 0 Å². The van der Waals surface area contributed by atoms with Crippen LogP contribution in [0.15, 0.2) is 18.2 Å². The molecule has 4 heteroatoms. The van der Waals surface area contributed by atoms with Crippen molar-refractivity contribution in [2.24, 2.45) is 0 Å². The molecule has 2 aliphatic rings. The molecule has 0 spiro atoms. The van der Waals surface area contributed by atoms with E-state index < -0.39 is 0 Å². The highest BCUT2D eigenvalue weighted by atomic mass is 15.3. The monoisotopic (exact) mass is 288 g/mol. The Balaban J connectivity index is 1.60. The zero-order valence-corrected chi connectivity index (χ0v) is 13.2. The summed E-state index contributed by atoms with van der Waals surface area (Å²) in [5.74, 6) is 1.02. The summed E-state index contributed by atoms with van der Waals surface area (Å²) in [6.45, 7) is 9.19. The molecule has 0 radical (unpaired) electrons. The lowest BCUT2D eigenvalue weighted by molar-refractivity contribution is 0.214. The van der Waals surface area contributed by atoms with Gasteiger partial charge in [-0.15, -0.1) is 0 Å². The summed E-state index contributed by atoms with van der Waals surface area (Å²) in [5, 5.41) is 3.38. The smallest absolute Gasteiger partial charge is 0.126 e. The summed E-state index contributed by atoms with van der Waals surface area (Å²) in [5.41, 5.74) is 1.20. The molecule has 0 amide bonds. The Morgan fingerprint density at radius 3 is 3.05 bits per heavy atom. The second-order valence-electron chi connectivity index (χ2n) is 6.36. The number of fused-ring (bicyclic) bond motifs is 1. The van der Waals surface area contributed by atoms with Gasteiger partial charge in [-0.1, -0.05) is 13.0 Å². The fourth-order valence-electron chi connectivity index (χ4n) is 3.57. The van der Waals surface area contributed by atoms with Crippen LogP contribution in [-0.2, 0) is 6.54 Å². The van der Waals surface area contributed by atoms with Crippen molar-refractivity contribution in [3.63, 3.8) is 0 Å². The highest BCUT2D eigenvalue weighted by Crippen LogP contribution is 2.22. The normalized spacial score (nSPS) is 23.8. The lowest BCUT2D eigenvalue weighted by Gasteiger charge is -2.25. The maximum atomic E-state index is 4.75. The first-order valence-electron chi connectivity index (χ1n) is 8.51. The van der Waals surface area contributed by atoms with Gasteiger partial charge in [-0.2, -0.15) is 0 Å². The Morgan fingerprint density at radius 1 is 1.24 bits per heavy atom. The molecule has 0 aromatic carbocycles. The summed E-state index contributed by atoms with van der Waals surface area (Å²) in [6.07, 6.45) is 5.19. The van der Waals surface area contributed by atoms with Gasteiger partial charge in [0.25, 0.3) is 0 Å². The van der Waals surface area contributed by atoms with Gasteiger partial charge in [0, 0.05) is 25.7 Å². The van der Waals surface area contributed by atoms with Crippen molar-refractivity contribution in [3.8, 4) is 0 Å². The summed E-state index contributed by atoms with van der Waals surface area (Å²) < 4.78 is 0. The Morgan fingerprint density at radius 2 is 2.14 bits per heavy atom. The van der Waals surface area contributed by atoms with Crippen LogP contribution in [0.4, 0.5) is 5.82 Å². The molecule has 21 heavy (non-hydrogen) atoms. The molecule has 2 aliphatic heterocycles. The lowest BCUT2D eigenvalue weighted by atomic mass is 10.2. The molecule has 3 heterocycles. The van der Waals surface area contributed by atoms with Crippen LogP contribution in [0.25, 0.3) is 0 Å². The van der Waals surface area contributed by atoms with Crippen LogP contribution in [0.2, 0.25) is 0 Å². The third-order valence-corrected chi connectivity index (χ3v) is 4.64. The van der Waals surface area contributed by atoms with Crippen LogP contribution >= 0.6 is 0 Å². The summed E-state index contributed by atoms with van der Waals surface area (Å²) in [7, 11) is 0. The Labute approximate surface area is 128 Å². The molecule has 1 aromatic heterocycles. The van der Waals surface area contributed by atoms with E-state index in [9.17, 15) is 0 Å². The van der Waals surface area contributed by atoms with Crippen LogP contribution in [-0.4, -0.2) is 53.5 Å². The molecule has 116 valence electrons. The van der Waals surface area contributed by atoms with Gasteiger partial charge >= 0.3 is 0 Å². The average Bonchev–Trinajstić information content (AvgIpc) is 2.84. The maximum absolute atomic E-state index is 4.75. The van der Waals surface area contributed by atoms with E-state index in [-0.39, 0.29) is 0 Å². The zero-order chi connectivity index (χ0) is 14.5. The zero-order valence-electron chi connectivity index (χ0n) is 13.2. The maximum Gasteiger partial charge on any atom is 0.126 e. The van der Waals surface area contributed by atoms with E-state index in [0.717, 1.165) is 31.4 Å².